The highest BCUT2D eigenvalue weighted by molar-refractivity contribution is 5.77. The number of aryl methyl sites for hydroxylation is 1. The fourth-order valence-electron chi connectivity index (χ4n) is 2.16. The molecule has 0 amide bonds. The van der Waals surface area contributed by atoms with Gasteiger partial charge in [0, 0.05) is 6.54 Å². The molecule has 1 aromatic heterocycles. The van der Waals surface area contributed by atoms with E-state index in [1.54, 1.807) is 0 Å². The molecule has 0 bridgehead atoms. The second kappa shape index (κ2) is 4.94. The Kier molecular flexibility index (Phi) is 3.53. The summed E-state index contributed by atoms with van der Waals surface area (Å²) >= 11 is 0. The molecular formula is C15H21N3. The van der Waals surface area contributed by atoms with Crippen molar-refractivity contribution in [3.05, 3.63) is 41.7 Å². The highest BCUT2D eigenvalue weighted by atomic mass is 15.1. The van der Waals surface area contributed by atoms with E-state index in [9.17, 15) is 0 Å². The van der Waals surface area contributed by atoms with E-state index in [2.05, 4.69) is 43.2 Å². The molecule has 3 nitrogen and oxygen atoms in total. The number of imidazole rings is 1. The van der Waals surface area contributed by atoms with Crippen molar-refractivity contribution in [2.45, 2.75) is 39.8 Å². The van der Waals surface area contributed by atoms with Gasteiger partial charge in [0.05, 0.1) is 17.1 Å². The van der Waals surface area contributed by atoms with Gasteiger partial charge in [0.1, 0.15) is 5.82 Å². The van der Waals surface area contributed by atoms with Crippen LogP contribution in [0, 0.1) is 6.92 Å². The SMILES string of the molecule is C=C(C)Cn1c(C(N)CC)nc2cc(C)ccc21. The number of hydrogen-bond donors (Lipinski definition) is 1. The maximum atomic E-state index is 6.16. The summed E-state index contributed by atoms with van der Waals surface area (Å²) in [5.41, 5.74) is 10.7. The van der Waals surface area contributed by atoms with Crippen LogP contribution in [0.15, 0.2) is 30.4 Å². The monoisotopic (exact) mass is 243 g/mol. The van der Waals surface area contributed by atoms with Crippen LogP contribution in [-0.4, -0.2) is 9.55 Å². The molecular weight excluding hydrogens is 222 g/mol. The largest absolute Gasteiger partial charge is 0.323 e. The highest BCUT2D eigenvalue weighted by Gasteiger charge is 2.15. The Morgan fingerprint density at radius 3 is 2.83 bits per heavy atom. The zero-order valence-electron chi connectivity index (χ0n) is 11.4. The molecule has 96 valence electrons. The van der Waals surface area contributed by atoms with Gasteiger partial charge in [-0.1, -0.05) is 25.1 Å². The molecule has 0 aliphatic rings. The maximum absolute atomic E-state index is 6.16. The number of aromatic nitrogens is 2. The molecule has 0 fully saturated rings. The average molecular weight is 243 g/mol. The first-order chi connectivity index (χ1) is 8.52. The zero-order valence-corrected chi connectivity index (χ0v) is 11.4. The quantitative estimate of drug-likeness (QED) is 0.837. The van der Waals surface area contributed by atoms with E-state index in [1.165, 1.54) is 5.56 Å². The molecule has 18 heavy (non-hydrogen) atoms. The molecule has 0 spiro atoms. The highest BCUT2D eigenvalue weighted by Crippen LogP contribution is 2.23. The average Bonchev–Trinajstić information content (AvgIpc) is 2.65. The molecule has 2 aromatic rings. The number of rotatable bonds is 4. The molecule has 0 aliphatic heterocycles. The van der Waals surface area contributed by atoms with Crippen molar-refractivity contribution in [2.24, 2.45) is 5.73 Å². The van der Waals surface area contributed by atoms with E-state index in [-0.39, 0.29) is 6.04 Å². The molecule has 1 heterocycles. The Morgan fingerprint density at radius 2 is 2.22 bits per heavy atom. The minimum atomic E-state index is -0.0166. The van der Waals surface area contributed by atoms with Gasteiger partial charge in [0.2, 0.25) is 0 Å². The van der Waals surface area contributed by atoms with Crippen molar-refractivity contribution in [1.29, 1.82) is 0 Å². The number of benzene rings is 1. The summed E-state index contributed by atoms with van der Waals surface area (Å²) in [6.07, 6.45) is 0.887. The van der Waals surface area contributed by atoms with Crippen LogP contribution < -0.4 is 5.73 Å². The van der Waals surface area contributed by atoms with Crippen LogP contribution in [0.5, 0.6) is 0 Å². The molecule has 0 aliphatic carbocycles. The lowest BCUT2D eigenvalue weighted by Crippen LogP contribution is -2.16. The van der Waals surface area contributed by atoms with Crippen molar-refractivity contribution in [3.63, 3.8) is 0 Å². The molecule has 1 atom stereocenters. The van der Waals surface area contributed by atoms with Crippen LogP contribution in [0.4, 0.5) is 0 Å². The number of nitrogens with zero attached hydrogens (tertiary/aromatic N) is 2. The van der Waals surface area contributed by atoms with E-state index >= 15 is 0 Å². The van der Waals surface area contributed by atoms with Crippen molar-refractivity contribution in [3.8, 4) is 0 Å². The Bertz CT molecular complexity index is 581. The summed E-state index contributed by atoms with van der Waals surface area (Å²) in [5.74, 6) is 0.959. The third kappa shape index (κ3) is 2.31. The predicted octanol–water partition coefficient (Wildman–Crippen LogP) is 3.33. The van der Waals surface area contributed by atoms with E-state index < -0.39 is 0 Å². The fourth-order valence-corrected chi connectivity index (χ4v) is 2.16. The lowest BCUT2D eigenvalue weighted by molar-refractivity contribution is 0.603. The van der Waals surface area contributed by atoms with Crippen LogP contribution in [0.2, 0.25) is 0 Å². The Balaban J connectivity index is 2.63. The molecule has 2 rings (SSSR count). The van der Waals surface area contributed by atoms with Crippen molar-refractivity contribution in [2.75, 3.05) is 0 Å². The summed E-state index contributed by atoms with van der Waals surface area (Å²) in [4.78, 5) is 4.69. The van der Waals surface area contributed by atoms with Gasteiger partial charge >= 0.3 is 0 Å². The van der Waals surface area contributed by atoms with Gasteiger partial charge in [-0.2, -0.15) is 0 Å². The summed E-state index contributed by atoms with van der Waals surface area (Å²) in [5, 5.41) is 0. The van der Waals surface area contributed by atoms with Gasteiger partial charge in [-0.05, 0) is 38.0 Å². The molecule has 1 aromatic carbocycles. The lowest BCUT2D eigenvalue weighted by atomic mass is 10.2. The normalized spacial score (nSPS) is 12.9. The second-order valence-corrected chi connectivity index (χ2v) is 5.02. The summed E-state index contributed by atoms with van der Waals surface area (Å²) in [6, 6.07) is 6.32. The van der Waals surface area contributed by atoms with Crippen LogP contribution in [0.25, 0.3) is 11.0 Å². The van der Waals surface area contributed by atoms with E-state index in [4.69, 9.17) is 10.7 Å². The first-order valence-corrected chi connectivity index (χ1v) is 6.39. The summed E-state index contributed by atoms with van der Waals surface area (Å²) in [6.45, 7) is 11.0. The fraction of sp³-hybridized carbons (Fsp3) is 0.400. The van der Waals surface area contributed by atoms with E-state index in [0.717, 1.165) is 35.4 Å². The predicted molar refractivity (Wildman–Crippen MR) is 76.5 cm³/mol. The second-order valence-electron chi connectivity index (χ2n) is 5.02. The topological polar surface area (TPSA) is 43.8 Å². The smallest absolute Gasteiger partial charge is 0.127 e. The van der Waals surface area contributed by atoms with E-state index in [1.807, 2.05) is 6.92 Å². The van der Waals surface area contributed by atoms with Crippen LogP contribution >= 0.6 is 0 Å². The first-order valence-electron chi connectivity index (χ1n) is 6.39. The van der Waals surface area contributed by atoms with Crippen molar-refractivity contribution < 1.29 is 0 Å². The standard InChI is InChI=1S/C15H21N3/c1-5-12(16)15-17-13-8-11(4)6-7-14(13)18(15)9-10(2)3/h6-8,12H,2,5,9,16H2,1,3-4H3. The molecule has 0 saturated carbocycles. The maximum Gasteiger partial charge on any atom is 0.127 e. The third-order valence-corrected chi connectivity index (χ3v) is 3.13. The molecule has 0 radical (unpaired) electrons. The Morgan fingerprint density at radius 1 is 1.50 bits per heavy atom. The minimum absolute atomic E-state index is 0.0166. The first kappa shape index (κ1) is 12.8. The van der Waals surface area contributed by atoms with Gasteiger partial charge in [-0.25, -0.2) is 4.98 Å². The zero-order chi connectivity index (χ0) is 13.3. The molecule has 1 unspecified atom stereocenters. The molecule has 2 N–H and O–H groups in total. The molecule has 0 saturated heterocycles. The van der Waals surface area contributed by atoms with Crippen LogP contribution in [-0.2, 0) is 6.54 Å². The summed E-state index contributed by atoms with van der Waals surface area (Å²) < 4.78 is 2.19. The minimum Gasteiger partial charge on any atom is -0.323 e. The van der Waals surface area contributed by atoms with Crippen molar-refractivity contribution in [1.82, 2.24) is 9.55 Å². The number of fused-ring (bicyclic) bond motifs is 1. The summed E-state index contributed by atoms with van der Waals surface area (Å²) in [7, 11) is 0. The third-order valence-electron chi connectivity index (χ3n) is 3.13. The van der Waals surface area contributed by atoms with Gasteiger partial charge in [-0.15, -0.1) is 0 Å². The number of hydrogen-bond acceptors (Lipinski definition) is 2. The lowest BCUT2D eigenvalue weighted by Gasteiger charge is -2.13. The number of nitrogens with two attached hydrogens (primary N) is 1. The van der Waals surface area contributed by atoms with E-state index in [0.29, 0.717) is 0 Å². The van der Waals surface area contributed by atoms with Gasteiger partial charge in [0.15, 0.2) is 0 Å². The molecule has 3 heteroatoms. The Labute approximate surface area is 108 Å². The number of allylic oxidation sites excluding steroid dienone is 1. The van der Waals surface area contributed by atoms with Gasteiger partial charge in [-0.3, -0.25) is 0 Å². The Hall–Kier alpha value is -1.61. The van der Waals surface area contributed by atoms with Crippen LogP contribution in [0.1, 0.15) is 37.7 Å². The van der Waals surface area contributed by atoms with Gasteiger partial charge in [0.25, 0.3) is 0 Å². The van der Waals surface area contributed by atoms with Crippen molar-refractivity contribution >= 4 is 11.0 Å². The van der Waals surface area contributed by atoms with Crippen LogP contribution in [0.3, 0.4) is 0 Å². The van der Waals surface area contributed by atoms with Gasteiger partial charge < -0.3 is 10.3 Å².